The molecule has 0 saturated heterocycles. The van der Waals surface area contributed by atoms with E-state index >= 15 is 0 Å². The van der Waals surface area contributed by atoms with Crippen molar-refractivity contribution in [3.8, 4) is 0 Å². The normalized spacial score (nSPS) is 10.6. The molecule has 116 valence electrons. The Hall–Kier alpha value is -2.29. The first kappa shape index (κ1) is 16.1. The van der Waals surface area contributed by atoms with Crippen LogP contribution in [0, 0.1) is 34.9 Å². The Labute approximate surface area is 125 Å². The molecule has 0 bridgehead atoms. The lowest BCUT2D eigenvalue weighted by atomic mass is 10.2. The molecule has 0 spiro atoms. The van der Waals surface area contributed by atoms with Gasteiger partial charge >= 0.3 is 0 Å². The van der Waals surface area contributed by atoms with Crippen LogP contribution in [0.4, 0.5) is 37.7 Å². The van der Waals surface area contributed by atoms with E-state index in [0.717, 1.165) is 0 Å². The maximum Gasteiger partial charge on any atom is 0.175 e. The highest BCUT2D eigenvalue weighted by Gasteiger charge is 2.27. The Morgan fingerprint density at radius 1 is 0.727 bits per heavy atom. The van der Waals surface area contributed by atoms with E-state index < -0.39 is 51.4 Å². The third kappa shape index (κ3) is 2.84. The molecule has 22 heavy (non-hydrogen) atoms. The molecule has 9 heteroatoms. The van der Waals surface area contributed by atoms with Crippen molar-refractivity contribution >= 4 is 28.7 Å². The summed E-state index contributed by atoms with van der Waals surface area (Å²) in [5.41, 5.74) is 3.09. The van der Waals surface area contributed by atoms with Crippen molar-refractivity contribution in [1.29, 1.82) is 0 Å². The second kappa shape index (κ2) is 5.84. The molecule has 2 aromatic rings. The quantitative estimate of drug-likeness (QED) is 0.666. The molecular weight excluding hydrogens is 330 g/mol. The zero-order chi connectivity index (χ0) is 16.6. The van der Waals surface area contributed by atoms with Gasteiger partial charge in [0.1, 0.15) is 23.0 Å². The van der Waals surface area contributed by atoms with E-state index in [1.165, 1.54) is 0 Å². The van der Waals surface area contributed by atoms with Gasteiger partial charge in [0.2, 0.25) is 0 Å². The molecule has 0 saturated carbocycles. The SMILES string of the molecule is NC(=S)N(c1c(F)cc(F)cc1F)c1c(F)cc(F)cc1F. The van der Waals surface area contributed by atoms with Gasteiger partial charge in [0, 0.05) is 24.3 Å². The van der Waals surface area contributed by atoms with Crippen LogP contribution in [-0.4, -0.2) is 5.11 Å². The lowest BCUT2D eigenvalue weighted by Crippen LogP contribution is -2.34. The van der Waals surface area contributed by atoms with Crippen molar-refractivity contribution in [3.05, 3.63) is 59.2 Å². The van der Waals surface area contributed by atoms with Crippen molar-refractivity contribution in [3.63, 3.8) is 0 Å². The average Bonchev–Trinajstić information content (AvgIpc) is 2.34. The summed E-state index contributed by atoms with van der Waals surface area (Å²) in [6, 6.07) is 1.12. The highest BCUT2D eigenvalue weighted by Crippen LogP contribution is 2.34. The number of anilines is 2. The van der Waals surface area contributed by atoms with Crippen molar-refractivity contribution in [2.75, 3.05) is 4.90 Å². The van der Waals surface area contributed by atoms with E-state index in [2.05, 4.69) is 12.2 Å². The second-order valence-corrected chi connectivity index (χ2v) is 4.53. The molecule has 0 aliphatic heterocycles. The second-order valence-electron chi connectivity index (χ2n) is 4.11. The minimum absolute atomic E-state index is 0.184. The van der Waals surface area contributed by atoms with Gasteiger partial charge in [-0.25, -0.2) is 26.3 Å². The van der Waals surface area contributed by atoms with Crippen LogP contribution in [0.25, 0.3) is 0 Å². The molecule has 0 atom stereocenters. The summed E-state index contributed by atoms with van der Waals surface area (Å²) in [7, 11) is 0. The lowest BCUT2D eigenvalue weighted by Gasteiger charge is -2.24. The first-order valence-electron chi connectivity index (χ1n) is 5.61. The Morgan fingerprint density at radius 2 is 1.00 bits per heavy atom. The first-order valence-corrected chi connectivity index (χ1v) is 6.02. The van der Waals surface area contributed by atoms with Gasteiger partial charge in [0.05, 0.1) is 0 Å². The average molecular weight is 336 g/mol. The van der Waals surface area contributed by atoms with Gasteiger partial charge in [-0.15, -0.1) is 0 Å². The van der Waals surface area contributed by atoms with E-state index in [-0.39, 0.29) is 29.2 Å². The summed E-state index contributed by atoms with van der Waals surface area (Å²) in [5.74, 6) is -8.47. The van der Waals surface area contributed by atoms with Gasteiger partial charge in [-0.2, -0.15) is 0 Å². The van der Waals surface area contributed by atoms with Crippen molar-refractivity contribution in [2.24, 2.45) is 5.73 Å². The molecule has 0 aliphatic rings. The fourth-order valence-corrected chi connectivity index (χ4v) is 2.01. The zero-order valence-electron chi connectivity index (χ0n) is 10.5. The van der Waals surface area contributed by atoms with E-state index in [1.54, 1.807) is 0 Å². The van der Waals surface area contributed by atoms with Crippen LogP contribution in [0.3, 0.4) is 0 Å². The third-order valence-electron chi connectivity index (χ3n) is 2.63. The largest absolute Gasteiger partial charge is 0.376 e. The summed E-state index contributed by atoms with van der Waals surface area (Å²) in [5, 5.41) is -0.825. The fourth-order valence-electron chi connectivity index (χ4n) is 1.83. The first-order chi connectivity index (χ1) is 10.2. The smallest absolute Gasteiger partial charge is 0.175 e. The number of hydrogen-bond donors (Lipinski definition) is 1. The van der Waals surface area contributed by atoms with Crippen LogP contribution in [0.5, 0.6) is 0 Å². The highest BCUT2D eigenvalue weighted by atomic mass is 32.1. The van der Waals surface area contributed by atoms with E-state index in [9.17, 15) is 26.3 Å². The van der Waals surface area contributed by atoms with Crippen molar-refractivity contribution < 1.29 is 26.3 Å². The van der Waals surface area contributed by atoms with E-state index in [0.29, 0.717) is 0 Å². The predicted octanol–water partition coefficient (Wildman–Crippen LogP) is 3.90. The standard InChI is InChI=1S/C13H6F6N2S/c14-5-1-7(16)11(8(17)2-5)21(13(20)22)12-9(18)3-6(15)4-10(12)19/h1-4H,(H2,20,22). The molecule has 0 heterocycles. The third-order valence-corrected chi connectivity index (χ3v) is 2.81. The predicted molar refractivity (Wildman–Crippen MR) is 71.6 cm³/mol. The van der Waals surface area contributed by atoms with E-state index in [1.807, 2.05) is 0 Å². The molecule has 0 amide bonds. The number of thiocarbonyl (C=S) groups is 1. The summed E-state index contributed by atoms with van der Waals surface area (Å²) in [4.78, 5) is 0.184. The van der Waals surface area contributed by atoms with Gasteiger partial charge in [-0.1, -0.05) is 0 Å². The number of benzene rings is 2. The van der Waals surface area contributed by atoms with Gasteiger partial charge < -0.3 is 5.73 Å². The minimum atomic E-state index is -1.49. The molecule has 0 aromatic heterocycles. The summed E-state index contributed by atoms with van der Waals surface area (Å²) < 4.78 is 81.0. The summed E-state index contributed by atoms with van der Waals surface area (Å²) in [6.45, 7) is 0. The molecule has 2 nitrogen and oxygen atoms in total. The zero-order valence-corrected chi connectivity index (χ0v) is 11.3. The Bertz CT molecular complexity index is 661. The van der Waals surface area contributed by atoms with Gasteiger partial charge in [-0.3, -0.25) is 4.90 Å². The van der Waals surface area contributed by atoms with Crippen LogP contribution in [-0.2, 0) is 0 Å². The molecular formula is C13H6F6N2S. The number of rotatable bonds is 2. The molecule has 0 aliphatic carbocycles. The van der Waals surface area contributed by atoms with E-state index in [4.69, 9.17) is 5.73 Å². The summed E-state index contributed by atoms with van der Waals surface area (Å²) >= 11 is 4.53. The Balaban J connectivity index is 2.76. The van der Waals surface area contributed by atoms with Crippen molar-refractivity contribution in [2.45, 2.75) is 0 Å². The van der Waals surface area contributed by atoms with Crippen LogP contribution >= 0.6 is 12.2 Å². The fraction of sp³-hybridized carbons (Fsp3) is 0. The lowest BCUT2D eigenvalue weighted by molar-refractivity contribution is 0.536. The highest BCUT2D eigenvalue weighted by molar-refractivity contribution is 7.80. The maximum absolute atomic E-state index is 13.8. The number of hydrogen-bond acceptors (Lipinski definition) is 1. The topological polar surface area (TPSA) is 29.3 Å². The van der Waals surface area contributed by atoms with Crippen LogP contribution in [0.1, 0.15) is 0 Å². The van der Waals surface area contributed by atoms with Crippen LogP contribution in [0.15, 0.2) is 24.3 Å². The molecule has 2 rings (SSSR count). The molecule has 0 radical (unpaired) electrons. The minimum Gasteiger partial charge on any atom is -0.376 e. The monoisotopic (exact) mass is 336 g/mol. The molecule has 0 unspecified atom stereocenters. The molecule has 2 aromatic carbocycles. The molecule has 0 fully saturated rings. The van der Waals surface area contributed by atoms with Gasteiger partial charge in [0.15, 0.2) is 28.4 Å². The maximum atomic E-state index is 13.8. The van der Waals surface area contributed by atoms with Crippen LogP contribution in [0.2, 0.25) is 0 Å². The summed E-state index contributed by atoms with van der Waals surface area (Å²) in [6.07, 6.45) is 0. The Kier molecular flexibility index (Phi) is 4.27. The van der Waals surface area contributed by atoms with Crippen molar-refractivity contribution in [1.82, 2.24) is 0 Å². The van der Waals surface area contributed by atoms with Gasteiger partial charge in [0.25, 0.3) is 0 Å². The number of nitrogens with two attached hydrogens (primary N) is 1. The number of halogens is 6. The van der Waals surface area contributed by atoms with Crippen LogP contribution < -0.4 is 10.6 Å². The molecule has 2 N–H and O–H groups in total. The Morgan fingerprint density at radius 3 is 1.23 bits per heavy atom. The van der Waals surface area contributed by atoms with Gasteiger partial charge in [-0.05, 0) is 12.2 Å². The number of nitrogens with zero attached hydrogens (tertiary/aromatic N) is 1.